The summed E-state index contributed by atoms with van der Waals surface area (Å²) in [6.07, 6.45) is 3.60. The second kappa shape index (κ2) is 5.17. The zero-order valence-corrected chi connectivity index (χ0v) is 9.60. The summed E-state index contributed by atoms with van der Waals surface area (Å²) < 4.78 is 5.77. The van der Waals surface area contributed by atoms with Crippen molar-refractivity contribution in [3.63, 3.8) is 0 Å². The average Bonchev–Trinajstić information content (AvgIpc) is 2.39. The fraction of sp³-hybridized carbons (Fsp3) is 0. The van der Waals surface area contributed by atoms with E-state index in [4.69, 9.17) is 4.74 Å². The number of hydrogen-bond acceptors (Lipinski definition) is 1. The summed E-state index contributed by atoms with van der Waals surface area (Å²) in [5.41, 5.74) is 2.09. The fourth-order valence-corrected chi connectivity index (χ4v) is 1.55. The van der Waals surface area contributed by atoms with Gasteiger partial charge in [0, 0.05) is 0 Å². The molecular formula is C16H14O. The molecule has 17 heavy (non-hydrogen) atoms. The van der Waals surface area contributed by atoms with Crippen molar-refractivity contribution in [2.45, 2.75) is 0 Å². The summed E-state index contributed by atoms with van der Waals surface area (Å²) in [7, 11) is 0. The Labute approximate surface area is 102 Å². The summed E-state index contributed by atoms with van der Waals surface area (Å²) in [4.78, 5) is 0. The van der Waals surface area contributed by atoms with Crippen LogP contribution in [0.4, 0.5) is 0 Å². The van der Waals surface area contributed by atoms with E-state index in [2.05, 4.69) is 13.2 Å². The maximum absolute atomic E-state index is 5.77. The van der Waals surface area contributed by atoms with Gasteiger partial charge in [0.25, 0.3) is 0 Å². The van der Waals surface area contributed by atoms with Crippen molar-refractivity contribution in [1.29, 1.82) is 0 Å². The van der Waals surface area contributed by atoms with Gasteiger partial charge in [-0.05, 0) is 35.4 Å². The topological polar surface area (TPSA) is 9.23 Å². The molecule has 0 aliphatic heterocycles. The molecule has 2 rings (SSSR count). The van der Waals surface area contributed by atoms with Crippen LogP contribution < -0.4 is 4.74 Å². The van der Waals surface area contributed by atoms with E-state index >= 15 is 0 Å². The third kappa shape index (κ3) is 2.85. The Morgan fingerprint density at radius 1 is 0.765 bits per heavy atom. The fourth-order valence-electron chi connectivity index (χ4n) is 1.55. The van der Waals surface area contributed by atoms with Gasteiger partial charge in [-0.15, -0.1) is 0 Å². The zero-order chi connectivity index (χ0) is 12.1. The van der Waals surface area contributed by atoms with Crippen LogP contribution in [0.2, 0.25) is 0 Å². The Morgan fingerprint density at radius 2 is 1.24 bits per heavy atom. The first-order valence-electron chi connectivity index (χ1n) is 5.44. The molecule has 0 saturated heterocycles. The highest BCUT2D eigenvalue weighted by Crippen LogP contribution is 2.23. The molecule has 1 heteroatoms. The summed E-state index contributed by atoms with van der Waals surface area (Å²) >= 11 is 0. The minimum Gasteiger partial charge on any atom is -0.457 e. The summed E-state index contributed by atoms with van der Waals surface area (Å²) in [5.74, 6) is 1.62. The Kier molecular flexibility index (Phi) is 3.41. The van der Waals surface area contributed by atoms with Gasteiger partial charge in [0.1, 0.15) is 11.5 Å². The largest absolute Gasteiger partial charge is 0.457 e. The first kappa shape index (κ1) is 11.2. The predicted octanol–water partition coefficient (Wildman–Crippen LogP) is 4.76. The highest BCUT2D eigenvalue weighted by molar-refractivity contribution is 5.52. The maximum atomic E-state index is 5.77. The lowest BCUT2D eigenvalue weighted by molar-refractivity contribution is 0.482. The van der Waals surface area contributed by atoms with E-state index in [1.165, 1.54) is 0 Å². The van der Waals surface area contributed by atoms with E-state index in [-0.39, 0.29) is 0 Å². The van der Waals surface area contributed by atoms with Gasteiger partial charge >= 0.3 is 0 Å². The molecule has 0 bridgehead atoms. The molecule has 2 aromatic carbocycles. The van der Waals surface area contributed by atoms with Crippen LogP contribution in [-0.4, -0.2) is 0 Å². The lowest BCUT2D eigenvalue weighted by Crippen LogP contribution is -1.85. The van der Waals surface area contributed by atoms with Gasteiger partial charge in [0.2, 0.25) is 0 Å². The van der Waals surface area contributed by atoms with Crippen molar-refractivity contribution in [3.05, 3.63) is 72.8 Å². The Balaban J connectivity index is 2.24. The summed E-state index contributed by atoms with van der Waals surface area (Å²) in [6.45, 7) is 7.48. The van der Waals surface area contributed by atoms with Crippen LogP contribution in [0.15, 0.2) is 61.7 Å². The molecule has 0 aliphatic rings. The molecule has 0 fully saturated rings. The quantitative estimate of drug-likeness (QED) is 0.724. The van der Waals surface area contributed by atoms with Crippen molar-refractivity contribution < 1.29 is 4.74 Å². The minimum atomic E-state index is 0.809. The molecule has 1 nitrogen and oxygen atoms in total. The van der Waals surface area contributed by atoms with E-state index in [1.807, 2.05) is 48.5 Å². The Hall–Kier alpha value is -2.28. The molecule has 0 radical (unpaired) electrons. The van der Waals surface area contributed by atoms with E-state index in [1.54, 1.807) is 12.2 Å². The second-order valence-electron chi connectivity index (χ2n) is 3.66. The highest BCUT2D eigenvalue weighted by Gasteiger charge is 1.98. The van der Waals surface area contributed by atoms with Crippen LogP contribution >= 0.6 is 0 Å². The lowest BCUT2D eigenvalue weighted by Gasteiger charge is -2.07. The van der Waals surface area contributed by atoms with Gasteiger partial charge in [-0.3, -0.25) is 0 Å². The van der Waals surface area contributed by atoms with E-state index in [0.717, 1.165) is 22.6 Å². The Morgan fingerprint density at radius 3 is 1.65 bits per heavy atom. The van der Waals surface area contributed by atoms with E-state index in [0.29, 0.717) is 0 Å². The molecule has 0 unspecified atom stereocenters. The van der Waals surface area contributed by atoms with Crippen LogP contribution in [0.5, 0.6) is 11.5 Å². The molecule has 0 saturated carbocycles. The molecular weight excluding hydrogens is 208 g/mol. The number of benzene rings is 2. The van der Waals surface area contributed by atoms with Crippen LogP contribution in [0.25, 0.3) is 12.2 Å². The SMILES string of the molecule is C=Cc1cccc(Oc2cccc(C=C)c2)c1. The first-order valence-corrected chi connectivity index (χ1v) is 5.44. The molecule has 2 aromatic rings. The average molecular weight is 222 g/mol. The third-order valence-electron chi connectivity index (χ3n) is 2.42. The van der Waals surface area contributed by atoms with Crippen molar-refractivity contribution >= 4 is 12.2 Å². The molecule has 0 atom stereocenters. The van der Waals surface area contributed by atoms with Crippen LogP contribution in [0.3, 0.4) is 0 Å². The lowest BCUT2D eigenvalue weighted by atomic mass is 10.2. The van der Waals surface area contributed by atoms with Crippen LogP contribution in [0.1, 0.15) is 11.1 Å². The van der Waals surface area contributed by atoms with Crippen molar-refractivity contribution in [1.82, 2.24) is 0 Å². The van der Waals surface area contributed by atoms with Crippen LogP contribution in [-0.2, 0) is 0 Å². The predicted molar refractivity (Wildman–Crippen MR) is 73.1 cm³/mol. The van der Waals surface area contributed by atoms with Gasteiger partial charge < -0.3 is 4.74 Å². The second-order valence-corrected chi connectivity index (χ2v) is 3.66. The smallest absolute Gasteiger partial charge is 0.128 e. The maximum Gasteiger partial charge on any atom is 0.128 e. The molecule has 0 spiro atoms. The molecule has 0 amide bonds. The summed E-state index contributed by atoms with van der Waals surface area (Å²) in [6, 6.07) is 15.6. The number of hydrogen-bond donors (Lipinski definition) is 0. The van der Waals surface area contributed by atoms with Gasteiger partial charge in [-0.2, -0.15) is 0 Å². The van der Waals surface area contributed by atoms with Crippen molar-refractivity contribution in [3.8, 4) is 11.5 Å². The molecule has 0 heterocycles. The van der Waals surface area contributed by atoms with Crippen molar-refractivity contribution in [2.75, 3.05) is 0 Å². The van der Waals surface area contributed by atoms with Gasteiger partial charge in [0.15, 0.2) is 0 Å². The van der Waals surface area contributed by atoms with Crippen LogP contribution in [0, 0.1) is 0 Å². The number of rotatable bonds is 4. The summed E-state index contributed by atoms with van der Waals surface area (Å²) in [5, 5.41) is 0. The van der Waals surface area contributed by atoms with E-state index < -0.39 is 0 Å². The third-order valence-corrected chi connectivity index (χ3v) is 2.42. The molecule has 0 N–H and O–H groups in total. The Bertz CT molecular complexity index is 491. The molecule has 0 aliphatic carbocycles. The number of ether oxygens (including phenoxy) is 1. The van der Waals surface area contributed by atoms with Gasteiger partial charge in [-0.1, -0.05) is 49.6 Å². The monoisotopic (exact) mass is 222 g/mol. The standard InChI is InChI=1S/C16H14O/c1-3-13-7-5-9-15(11-13)17-16-10-6-8-14(4-2)12-16/h3-12H,1-2H2. The zero-order valence-electron chi connectivity index (χ0n) is 9.60. The normalized spacial score (nSPS) is 9.65. The highest BCUT2D eigenvalue weighted by atomic mass is 16.5. The van der Waals surface area contributed by atoms with Crippen molar-refractivity contribution in [2.24, 2.45) is 0 Å². The van der Waals surface area contributed by atoms with Gasteiger partial charge in [0.05, 0.1) is 0 Å². The molecule has 0 aromatic heterocycles. The first-order chi connectivity index (χ1) is 8.31. The minimum absolute atomic E-state index is 0.809. The van der Waals surface area contributed by atoms with Gasteiger partial charge in [-0.25, -0.2) is 0 Å². The van der Waals surface area contributed by atoms with E-state index in [9.17, 15) is 0 Å². The molecule has 84 valence electrons.